The van der Waals surface area contributed by atoms with Crippen LogP contribution in [0, 0.1) is 29.6 Å². The van der Waals surface area contributed by atoms with E-state index in [2.05, 4.69) is 0 Å². The summed E-state index contributed by atoms with van der Waals surface area (Å²) in [6.07, 6.45) is 0.968. The van der Waals surface area contributed by atoms with E-state index in [0.717, 1.165) is 0 Å². The molecule has 2 aliphatic heterocycles. The predicted molar refractivity (Wildman–Crippen MR) is 162 cm³/mol. The van der Waals surface area contributed by atoms with E-state index in [1.165, 1.54) is 6.92 Å². The highest BCUT2D eigenvalue weighted by Crippen LogP contribution is 2.40. The maximum atomic E-state index is 13.6. The molecule has 0 bridgehead atoms. The Morgan fingerprint density at radius 1 is 1.10 bits per heavy atom. The molecule has 0 amide bonds. The van der Waals surface area contributed by atoms with E-state index in [1.54, 1.807) is 7.11 Å². The zero-order valence-electron chi connectivity index (χ0n) is 28.3. The van der Waals surface area contributed by atoms with Gasteiger partial charge >= 0.3 is 11.9 Å². The third-order valence-corrected chi connectivity index (χ3v) is 9.69. The van der Waals surface area contributed by atoms with Crippen LogP contribution in [-0.2, 0) is 38.1 Å². The molecule has 0 spiro atoms. The van der Waals surface area contributed by atoms with Gasteiger partial charge in [0.1, 0.15) is 6.10 Å². The van der Waals surface area contributed by atoms with Crippen LogP contribution in [0.2, 0.25) is 0 Å². The first kappa shape index (κ1) is 36.4. The number of esters is 2. The molecule has 2 rings (SSSR count). The lowest BCUT2D eigenvalue weighted by Gasteiger charge is -2.48. The molecule has 0 aliphatic carbocycles. The van der Waals surface area contributed by atoms with Gasteiger partial charge in [0.25, 0.3) is 0 Å². The van der Waals surface area contributed by atoms with Crippen molar-refractivity contribution in [1.29, 1.82) is 0 Å². The van der Waals surface area contributed by atoms with Crippen molar-refractivity contribution in [2.24, 2.45) is 29.6 Å². The average Bonchev–Trinajstić information content (AvgIpc) is 2.92. The minimum atomic E-state index is -0.938. The second-order valence-corrected chi connectivity index (χ2v) is 13.3. The SMILES string of the molecule is CC[C@H]1OC(=O)[C@H](C)[C@@H](C)[C@H](C)[C@@H](O[C@@H]2O[C@H](C)C[C@H](N(C)C)[C@H]2OC(C)=O)[C@](C)(OC)C[C@@H](C)C(=O)/C(C)=C/[C@H]1C. The molecule has 0 unspecified atom stereocenters. The average molecular weight is 596 g/mol. The Kier molecular flexibility index (Phi) is 13.2. The lowest BCUT2D eigenvalue weighted by Crippen LogP contribution is -2.60. The summed E-state index contributed by atoms with van der Waals surface area (Å²) in [5, 5.41) is 0. The summed E-state index contributed by atoms with van der Waals surface area (Å²) in [6, 6.07) is -0.127. The van der Waals surface area contributed by atoms with Gasteiger partial charge in [-0.15, -0.1) is 0 Å². The Labute approximate surface area is 254 Å². The number of carbonyl (C=O) groups excluding carboxylic acids is 3. The molecule has 0 aromatic rings. The highest BCUT2D eigenvalue weighted by atomic mass is 16.7. The number of likely N-dealkylation sites (N-methyl/N-ethyl adjacent to an activating group) is 1. The minimum Gasteiger partial charge on any atom is -0.462 e. The molecule has 9 nitrogen and oxygen atoms in total. The van der Waals surface area contributed by atoms with E-state index in [4.69, 9.17) is 23.7 Å². The molecule has 0 aromatic carbocycles. The van der Waals surface area contributed by atoms with Gasteiger partial charge in [-0.25, -0.2) is 0 Å². The van der Waals surface area contributed by atoms with Crippen LogP contribution in [0.25, 0.3) is 0 Å². The summed E-state index contributed by atoms with van der Waals surface area (Å²) in [5.74, 6) is -1.96. The number of hydrogen-bond acceptors (Lipinski definition) is 9. The number of methoxy groups -OCH3 is 1. The molecular weight excluding hydrogens is 538 g/mol. The van der Waals surface area contributed by atoms with Crippen LogP contribution in [0.3, 0.4) is 0 Å². The van der Waals surface area contributed by atoms with E-state index >= 15 is 0 Å². The first-order valence-corrected chi connectivity index (χ1v) is 15.6. The van der Waals surface area contributed by atoms with Crippen molar-refractivity contribution >= 4 is 17.7 Å². The van der Waals surface area contributed by atoms with Crippen molar-refractivity contribution in [3.8, 4) is 0 Å². The van der Waals surface area contributed by atoms with Crippen LogP contribution in [0.5, 0.6) is 0 Å². The van der Waals surface area contributed by atoms with E-state index in [9.17, 15) is 14.4 Å². The molecule has 0 aromatic heterocycles. The Bertz CT molecular complexity index is 966. The number of rotatable bonds is 6. The second-order valence-electron chi connectivity index (χ2n) is 13.3. The smallest absolute Gasteiger partial charge is 0.309 e. The number of nitrogens with zero attached hydrogens (tertiary/aromatic N) is 1. The maximum absolute atomic E-state index is 13.6. The van der Waals surface area contributed by atoms with E-state index in [0.29, 0.717) is 24.8 Å². The molecular formula is C33H57NO8. The van der Waals surface area contributed by atoms with Crippen molar-refractivity contribution in [2.75, 3.05) is 21.2 Å². The number of cyclic esters (lactones) is 1. The first-order chi connectivity index (χ1) is 19.5. The Morgan fingerprint density at radius 2 is 1.71 bits per heavy atom. The van der Waals surface area contributed by atoms with Crippen LogP contribution in [0.15, 0.2) is 11.6 Å². The van der Waals surface area contributed by atoms with E-state index in [1.807, 2.05) is 87.4 Å². The highest BCUT2D eigenvalue weighted by Gasteiger charge is 2.49. The quantitative estimate of drug-likeness (QED) is 0.384. The molecule has 1 fully saturated rings. The fourth-order valence-electron chi connectivity index (χ4n) is 6.68. The summed E-state index contributed by atoms with van der Waals surface area (Å²) in [5.41, 5.74) is -0.299. The Hall–Kier alpha value is -1.81. The van der Waals surface area contributed by atoms with Gasteiger partial charge in [0.05, 0.1) is 29.8 Å². The number of Topliss-reactive ketones (excluding diaryl/α,β-unsaturated/α-hetero) is 1. The van der Waals surface area contributed by atoms with Crippen molar-refractivity contribution in [2.45, 2.75) is 131 Å². The van der Waals surface area contributed by atoms with E-state index in [-0.39, 0.29) is 53.7 Å². The molecule has 0 N–H and O–H groups in total. The lowest BCUT2D eigenvalue weighted by atomic mass is 9.73. The largest absolute Gasteiger partial charge is 0.462 e. The normalized spacial score (nSPS) is 42.3. The summed E-state index contributed by atoms with van der Waals surface area (Å²) in [6.45, 7) is 19.0. The number of ketones is 1. The Morgan fingerprint density at radius 3 is 2.24 bits per heavy atom. The van der Waals surface area contributed by atoms with Gasteiger partial charge < -0.3 is 28.6 Å². The summed E-state index contributed by atoms with van der Waals surface area (Å²) in [4.78, 5) is 41.3. The van der Waals surface area contributed by atoms with Gasteiger partial charge in [0, 0.05) is 25.9 Å². The molecule has 42 heavy (non-hydrogen) atoms. The van der Waals surface area contributed by atoms with Crippen LogP contribution in [-0.4, -0.2) is 86.2 Å². The van der Waals surface area contributed by atoms with Crippen LogP contribution in [0.1, 0.15) is 88.5 Å². The van der Waals surface area contributed by atoms with Crippen molar-refractivity contribution in [3.05, 3.63) is 11.6 Å². The van der Waals surface area contributed by atoms with Gasteiger partial charge in [0.2, 0.25) is 0 Å². The third kappa shape index (κ3) is 8.64. The zero-order chi connectivity index (χ0) is 32.1. The van der Waals surface area contributed by atoms with Crippen LogP contribution in [0.4, 0.5) is 0 Å². The third-order valence-electron chi connectivity index (χ3n) is 9.69. The minimum absolute atomic E-state index is 0.0178. The molecule has 0 saturated carbocycles. The molecule has 0 radical (unpaired) electrons. The second kappa shape index (κ2) is 15.3. The standard InChI is InChI=1S/C33H57NO8/c1-14-27-18(2)15-19(3)28(36)20(4)17-33(10,38-13)30(23(7)22(6)24(8)31(37)41-27)42-32-29(40-25(9)35)26(34(11)12)16-21(5)39-32/h15,18,20-24,26-27,29-30,32H,14,16-17H2,1-13H3/b19-15+/t18-,20-,21-,22+,23+,24-,26+,27-,29-,30-,32+,33-/m1/s1. The molecule has 1 saturated heterocycles. The van der Waals surface area contributed by atoms with E-state index < -0.39 is 36.0 Å². The molecule has 2 heterocycles. The van der Waals surface area contributed by atoms with Gasteiger partial charge in [-0.05, 0) is 71.5 Å². The molecule has 242 valence electrons. The number of carbonyl (C=O) groups is 3. The lowest BCUT2D eigenvalue weighted by molar-refractivity contribution is -0.301. The number of allylic oxidation sites excluding steroid dienone is 1. The topological polar surface area (TPSA) is 101 Å². The highest BCUT2D eigenvalue weighted by molar-refractivity contribution is 5.96. The summed E-state index contributed by atoms with van der Waals surface area (Å²) >= 11 is 0. The van der Waals surface area contributed by atoms with Crippen molar-refractivity contribution in [3.63, 3.8) is 0 Å². The van der Waals surface area contributed by atoms with Gasteiger partial charge in [0.15, 0.2) is 18.2 Å². The van der Waals surface area contributed by atoms with Gasteiger partial charge in [-0.2, -0.15) is 0 Å². The number of hydrogen-bond donors (Lipinski definition) is 0. The Balaban J connectivity index is 2.64. The molecule has 2 aliphatic rings. The van der Waals surface area contributed by atoms with Crippen LogP contribution >= 0.6 is 0 Å². The summed E-state index contributed by atoms with van der Waals surface area (Å²) < 4.78 is 31.2. The first-order valence-electron chi connectivity index (χ1n) is 15.6. The van der Waals surface area contributed by atoms with Gasteiger partial charge in [-0.3, -0.25) is 14.4 Å². The maximum Gasteiger partial charge on any atom is 0.309 e. The monoisotopic (exact) mass is 595 g/mol. The number of ether oxygens (including phenoxy) is 5. The molecule has 9 heteroatoms. The fraction of sp³-hybridized carbons (Fsp3) is 0.848. The molecule has 12 atom stereocenters. The fourth-order valence-corrected chi connectivity index (χ4v) is 6.68. The zero-order valence-corrected chi connectivity index (χ0v) is 28.3. The van der Waals surface area contributed by atoms with Crippen LogP contribution < -0.4 is 0 Å². The van der Waals surface area contributed by atoms with Crippen molar-refractivity contribution < 1.29 is 38.1 Å². The van der Waals surface area contributed by atoms with Crippen molar-refractivity contribution in [1.82, 2.24) is 4.90 Å². The predicted octanol–water partition coefficient (Wildman–Crippen LogP) is 5.19. The summed E-state index contributed by atoms with van der Waals surface area (Å²) in [7, 11) is 5.52. The van der Waals surface area contributed by atoms with Gasteiger partial charge in [-0.1, -0.05) is 47.6 Å².